The van der Waals surface area contributed by atoms with Gasteiger partial charge in [-0.3, -0.25) is 14.9 Å². The van der Waals surface area contributed by atoms with Gasteiger partial charge < -0.3 is 10.6 Å². The molecule has 0 heterocycles. The highest BCUT2D eigenvalue weighted by Gasteiger charge is 2.29. The minimum Gasteiger partial charge on any atom is -0.354 e. The van der Waals surface area contributed by atoms with E-state index < -0.39 is 4.92 Å². The number of nitro benzene ring substituents is 1. The Morgan fingerprint density at radius 1 is 1.17 bits per heavy atom. The van der Waals surface area contributed by atoms with E-state index in [1.165, 1.54) is 18.2 Å². The summed E-state index contributed by atoms with van der Waals surface area (Å²) in [6.45, 7) is 0. The third-order valence-electron chi connectivity index (χ3n) is 3.71. The molecule has 7 heteroatoms. The van der Waals surface area contributed by atoms with Crippen LogP contribution in [0.1, 0.15) is 18.4 Å². The molecule has 0 bridgehead atoms. The number of carbonyl (C=O) groups is 1. The number of nitrogens with zero attached hydrogens (tertiary/aromatic N) is 2. The van der Waals surface area contributed by atoms with Gasteiger partial charge >= 0.3 is 0 Å². The quantitative estimate of drug-likeness (QED) is 0.646. The highest BCUT2D eigenvalue weighted by atomic mass is 16.6. The van der Waals surface area contributed by atoms with Gasteiger partial charge in [-0.1, -0.05) is 0 Å². The molecule has 2 aromatic carbocycles. The number of non-ortho nitro benzene ring substituents is 1. The molecule has 7 nitrogen and oxygen atoms in total. The molecule has 0 atom stereocenters. The summed E-state index contributed by atoms with van der Waals surface area (Å²) in [7, 11) is 0. The highest BCUT2D eigenvalue weighted by molar-refractivity contribution is 5.94. The Labute approximate surface area is 138 Å². The molecule has 1 saturated carbocycles. The highest BCUT2D eigenvalue weighted by Crippen LogP contribution is 2.30. The van der Waals surface area contributed by atoms with Crippen molar-refractivity contribution in [2.24, 2.45) is 5.92 Å². The zero-order chi connectivity index (χ0) is 17.1. The third-order valence-corrected chi connectivity index (χ3v) is 3.71. The first-order chi connectivity index (χ1) is 11.6. The lowest BCUT2D eigenvalue weighted by Crippen LogP contribution is -2.13. The topological polar surface area (TPSA) is 108 Å². The lowest BCUT2D eigenvalue weighted by Gasteiger charge is -2.09. The molecule has 0 aliphatic heterocycles. The van der Waals surface area contributed by atoms with Gasteiger partial charge in [0.05, 0.1) is 16.2 Å². The van der Waals surface area contributed by atoms with Crippen molar-refractivity contribution in [3.63, 3.8) is 0 Å². The second-order valence-corrected chi connectivity index (χ2v) is 5.56. The molecule has 0 aromatic heterocycles. The fraction of sp³-hybridized carbons (Fsp3) is 0.176. The van der Waals surface area contributed by atoms with Gasteiger partial charge in [0.1, 0.15) is 6.07 Å². The average Bonchev–Trinajstić information content (AvgIpc) is 3.42. The normalized spacial score (nSPS) is 13.0. The monoisotopic (exact) mass is 322 g/mol. The van der Waals surface area contributed by atoms with Crippen LogP contribution in [0.15, 0.2) is 42.5 Å². The fourth-order valence-electron chi connectivity index (χ4n) is 2.23. The Kier molecular flexibility index (Phi) is 4.12. The van der Waals surface area contributed by atoms with Crippen LogP contribution in [-0.4, -0.2) is 10.8 Å². The molecule has 2 aromatic rings. The Hall–Kier alpha value is -3.40. The number of carbonyl (C=O) groups excluding carboxylic acids is 1. The van der Waals surface area contributed by atoms with E-state index in [4.69, 9.17) is 5.26 Å². The molecular formula is C17H14N4O3. The summed E-state index contributed by atoms with van der Waals surface area (Å²) in [5, 5.41) is 25.8. The van der Waals surface area contributed by atoms with Crippen LogP contribution < -0.4 is 10.6 Å². The maximum atomic E-state index is 11.7. The molecule has 120 valence electrons. The van der Waals surface area contributed by atoms with Crippen LogP contribution >= 0.6 is 0 Å². The van der Waals surface area contributed by atoms with Crippen molar-refractivity contribution >= 4 is 28.7 Å². The molecule has 24 heavy (non-hydrogen) atoms. The molecule has 1 aliphatic carbocycles. The Bertz CT molecular complexity index is 836. The number of nitriles is 1. The smallest absolute Gasteiger partial charge is 0.270 e. The summed E-state index contributed by atoms with van der Waals surface area (Å²) in [4.78, 5) is 21.9. The second kappa shape index (κ2) is 6.38. The first-order valence-electron chi connectivity index (χ1n) is 7.43. The van der Waals surface area contributed by atoms with Crippen LogP contribution in [0.3, 0.4) is 0 Å². The number of nitrogens with one attached hydrogen (secondary N) is 2. The minimum atomic E-state index is -0.540. The first-order valence-corrected chi connectivity index (χ1v) is 7.43. The van der Waals surface area contributed by atoms with Gasteiger partial charge in [0.2, 0.25) is 5.91 Å². The Morgan fingerprint density at radius 2 is 1.83 bits per heavy atom. The van der Waals surface area contributed by atoms with Gasteiger partial charge in [0.15, 0.2) is 0 Å². The van der Waals surface area contributed by atoms with Gasteiger partial charge in [0.25, 0.3) is 5.69 Å². The molecule has 1 amide bonds. The predicted molar refractivity (Wildman–Crippen MR) is 88.9 cm³/mol. The van der Waals surface area contributed by atoms with E-state index in [1.54, 1.807) is 24.3 Å². The number of benzene rings is 2. The van der Waals surface area contributed by atoms with Gasteiger partial charge in [-0.2, -0.15) is 5.26 Å². The predicted octanol–water partition coefficient (Wildman–Crippen LogP) is 3.56. The van der Waals surface area contributed by atoms with Crippen LogP contribution in [-0.2, 0) is 4.79 Å². The van der Waals surface area contributed by atoms with Gasteiger partial charge in [0, 0.05) is 29.4 Å². The van der Waals surface area contributed by atoms with Gasteiger partial charge in [-0.15, -0.1) is 0 Å². The van der Waals surface area contributed by atoms with Crippen LogP contribution in [0.2, 0.25) is 0 Å². The molecule has 3 rings (SSSR count). The van der Waals surface area contributed by atoms with Crippen molar-refractivity contribution in [2.75, 3.05) is 10.6 Å². The first kappa shape index (κ1) is 15.5. The number of anilines is 3. The van der Waals surface area contributed by atoms with E-state index in [-0.39, 0.29) is 23.1 Å². The maximum absolute atomic E-state index is 11.7. The van der Waals surface area contributed by atoms with Crippen LogP contribution in [0.5, 0.6) is 0 Å². The van der Waals surface area contributed by atoms with Crippen molar-refractivity contribution in [3.8, 4) is 6.07 Å². The zero-order valence-corrected chi connectivity index (χ0v) is 12.7. The van der Waals surface area contributed by atoms with E-state index in [1.807, 2.05) is 6.07 Å². The summed E-state index contributed by atoms with van der Waals surface area (Å²) in [5.41, 5.74) is 1.97. The molecule has 0 unspecified atom stereocenters. The Morgan fingerprint density at radius 3 is 2.42 bits per heavy atom. The minimum absolute atomic E-state index is 0.0397. The molecule has 0 saturated heterocycles. The van der Waals surface area contributed by atoms with Crippen molar-refractivity contribution in [2.45, 2.75) is 12.8 Å². The number of amides is 1. The van der Waals surface area contributed by atoms with Crippen molar-refractivity contribution in [3.05, 3.63) is 58.1 Å². The number of hydrogen-bond donors (Lipinski definition) is 2. The van der Waals surface area contributed by atoms with E-state index in [0.717, 1.165) is 12.8 Å². The molecule has 0 spiro atoms. The molecule has 1 fully saturated rings. The average molecular weight is 322 g/mol. The third kappa shape index (κ3) is 3.50. The lowest BCUT2D eigenvalue weighted by atomic mass is 10.1. The summed E-state index contributed by atoms with van der Waals surface area (Å²) < 4.78 is 0. The fourth-order valence-corrected chi connectivity index (χ4v) is 2.23. The van der Waals surface area contributed by atoms with Crippen LogP contribution in [0.25, 0.3) is 0 Å². The van der Waals surface area contributed by atoms with Crippen molar-refractivity contribution < 1.29 is 9.72 Å². The largest absolute Gasteiger partial charge is 0.354 e. The lowest BCUT2D eigenvalue weighted by molar-refractivity contribution is -0.384. The second-order valence-electron chi connectivity index (χ2n) is 5.56. The summed E-state index contributed by atoms with van der Waals surface area (Å²) >= 11 is 0. The van der Waals surface area contributed by atoms with Crippen LogP contribution in [0, 0.1) is 27.4 Å². The SMILES string of the molecule is N#Cc1cc([N+](=O)[O-])ccc1Nc1ccc(NC(=O)C2CC2)cc1. The zero-order valence-electron chi connectivity index (χ0n) is 12.7. The molecule has 0 radical (unpaired) electrons. The summed E-state index contributed by atoms with van der Waals surface area (Å²) in [5.74, 6) is 0.180. The summed E-state index contributed by atoms with van der Waals surface area (Å²) in [6.07, 6.45) is 1.89. The van der Waals surface area contributed by atoms with Crippen molar-refractivity contribution in [1.82, 2.24) is 0 Å². The van der Waals surface area contributed by atoms with E-state index in [2.05, 4.69) is 10.6 Å². The Balaban J connectivity index is 1.72. The van der Waals surface area contributed by atoms with Gasteiger partial charge in [-0.25, -0.2) is 0 Å². The molecule has 1 aliphatic rings. The van der Waals surface area contributed by atoms with Crippen LogP contribution in [0.4, 0.5) is 22.7 Å². The number of nitro groups is 1. The van der Waals surface area contributed by atoms with Crippen molar-refractivity contribution in [1.29, 1.82) is 5.26 Å². The molecule has 2 N–H and O–H groups in total. The standard InChI is InChI=1S/C17H14N4O3/c18-10-12-9-15(21(23)24)7-8-16(12)19-13-3-5-14(6-4-13)20-17(22)11-1-2-11/h3-9,11,19H,1-2H2,(H,20,22). The maximum Gasteiger partial charge on any atom is 0.270 e. The molecular weight excluding hydrogens is 308 g/mol. The van der Waals surface area contributed by atoms with E-state index >= 15 is 0 Å². The van der Waals surface area contributed by atoms with E-state index in [9.17, 15) is 14.9 Å². The summed E-state index contributed by atoms with van der Waals surface area (Å²) in [6, 6.07) is 13.1. The van der Waals surface area contributed by atoms with Gasteiger partial charge in [-0.05, 0) is 43.2 Å². The number of hydrogen-bond acceptors (Lipinski definition) is 5. The van der Waals surface area contributed by atoms with E-state index in [0.29, 0.717) is 17.1 Å². The number of rotatable bonds is 5.